The van der Waals surface area contributed by atoms with E-state index in [0.29, 0.717) is 22.1 Å². The second-order valence-electron chi connectivity index (χ2n) is 6.87. The van der Waals surface area contributed by atoms with Crippen LogP contribution in [0.3, 0.4) is 0 Å². The molecule has 2 N–H and O–H groups in total. The number of aromatic nitrogens is 1. The fourth-order valence-electron chi connectivity index (χ4n) is 2.97. The number of hydrogen-bond acceptors (Lipinski definition) is 6. The van der Waals surface area contributed by atoms with Gasteiger partial charge in [0.2, 0.25) is 0 Å². The summed E-state index contributed by atoms with van der Waals surface area (Å²) in [5.41, 5.74) is 2.96. The Kier molecular flexibility index (Phi) is 5.62. The fraction of sp³-hybridized carbons (Fsp3) is 0.0909. The van der Waals surface area contributed by atoms with Crippen molar-refractivity contribution in [3.05, 3.63) is 83.1 Å². The van der Waals surface area contributed by atoms with Gasteiger partial charge in [0.1, 0.15) is 5.69 Å². The Morgan fingerprint density at radius 2 is 1.71 bits per heavy atom. The van der Waals surface area contributed by atoms with Gasteiger partial charge in [0, 0.05) is 11.1 Å². The SMILES string of the molecule is Cc1cccc(C)c1NS(=O)(=O)c1ccc(NC(=O)c2csc(-c3ccco3)n2)cc1. The number of nitrogens with zero attached hydrogens (tertiary/aromatic N) is 1. The van der Waals surface area contributed by atoms with Crippen LogP contribution in [0.1, 0.15) is 21.6 Å². The molecule has 1 amide bonds. The molecule has 31 heavy (non-hydrogen) atoms. The molecule has 0 bridgehead atoms. The van der Waals surface area contributed by atoms with Crippen molar-refractivity contribution in [2.75, 3.05) is 10.0 Å². The maximum atomic E-state index is 12.8. The number of amides is 1. The van der Waals surface area contributed by atoms with Gasteiger partial charge in [0.25, 0.3) is 15.9 Å². The standard InChI is InChI=1S/C22H19N3O4S2/c1-14-5-3-6-15(2)20(14)25-31(27,28)17-10-8-16(9-11-17)23-21(26)18-13-30-22(24-18)19-7-4-12-29-19/h3-13,25H,1-2H3,(H,23,26). The monoisotopic (exact) mass is 453 g/mol. The summed E-state index contributed by atoms with van der Waals surface area (Å²) in [5.74, 6) is 0.202. The van der Waals surface area contributed by atoms with E-state index in [1.807, 2.05) is 32.0 Å². The highest BCUT2D eigenvalue weighted by atomic mass is 32.2. The Labute approximate surface area is 183 Å². The van der Waals surface area contributed by atoms with E-state index in [4.69, 9.17) is 4.42 Å². The van der Waals surface area contributed by atoms with E-state index < -0.39 is 15.9 Å². The molecule has 7 nitrogen and oxygen atoms in total. The molecular formula is C22H19N3O4S2. The maximum Gasteiger partial charge on any atom is 0.275 e. The summed E-state index contributed by atoms with van der Waals surface area (Å²) in [4.78, 5) is 16.8. The number of carbonyl (C=O) groups excluding carboxylic acids is 1. The summed E-state index contributed by atoms with van der Waals surface area (Å²) >= 11 is 1.30. The molecule has 0 unspecified atom stereocenters. The van der Waals surface area contributed by atoms with E-state index in [1.54, 1.807) is 23.8 Å². The number of benzene rings is 2. The Morgan fingerprint density at radius 1 is 1.00 bits per heavy atom. The zero-order valence-corrected chi connectivity index (χ0v) is 18.4. The van der Waals surface area contributed by atoms with E-state index in [-0.39, 0.29) is 10.6 Å². The minimum atomic E-state index is -3.76. The predicted octanol–water partition coefficient (Wildman–Crippen LogP) is 5.07. The molecule has 0 aliphatic carbocycles. The van der Waals surface area contributed by atoms with Gasteiger partial charge >= 0.3 is 0 Å². The Bertz CT molecular complexity index is 1310. The van der Waals surface area contributed by atoms with Crippen LogP contribution in [-0.2, 0) is 10.0 Å². The number of anilines is 2. The number of aryl methyl sites for hydroxylation is 2. The molecule has 0 aliphatic heterocycles. The second kappa shape index (κ2) is 8.37. The van der Waals surface area contributed by atoms with Crippen LogP contribution >= 0.6 is 11.3 Å². The Hall–Kier alpha value is -3.43. The molecular weight excluding hydrogens is 434 g/mol. The summed E-state index contributed by atoms with van der Waals surface area (Å²) < 4.78 is 33.4. The maximum absolute atomic E-state index is 12.8. The molecule has 0 atom stereocenters. The molecule has 0 spiro atoms. The largest absolute Gasteiger partial charge is 0.462 e. The first-order valence-electron chi connectivity index (χ1n) is 9.33. The third-order valence-corrected chi connectivity index (χ3v) is 6.83. The average molecular weight is 454 g/mol. The smallest absolute Gasteiger partial charge is 0.275 e. The summed E-state index contributed by atoms with van der Waals surface area (Å²) in [6.45, 7) is 3.69. The normalized spacial score (nSPS) is 11.3. The molecule has 2 aromatic heterocycles. The van der Waals surface area contributed by atoms with E-state index >= 15 is 0 Å². The highest BCUT2D eigenvalue weighted by molar-refractivity contribution is 7.92. The van der Waals surface area contributed by atoms with E-state index in [0.717, 1.165) is 11.1 Å². The van der Waals surface area contributed by atoms with Crippen molar-refractivity contribution in [2.24, 2.45) is 0 Å². The third kappa shape index (κ3) is 4.52. The van der Waals surface area contributed by atoms with Gasteiger partial charge in [-0.3, -0.25) is 9.52 Å². The van der Waals surface area contributed by atoms with Crippen LogP contribution in [0.4, 0.5) is 11.4 Å². The van der Waals surface area contributed by atoms with Crippen LogP contribution in [0.2, 0.25) is 0 Å². The van der Waals surface area contributed by atoms with Crippen LogP contribution in [0.5, 0.6) is 0 Å². The van der Waals surface area contributed by atoms with Crippen molar-refractivity contribution in [3.63, 3.8) is 0 Å². The quantitative estimate of drug-likeness (QED) is 0.424. The molecule has 0 saturated heterocycles. The van der Waals surface area contributed by atoms with E-state index in [1.165, 1.54) is 35.6 Å². The van der Waals surface area contributed by atoms with Gasteiger partial charge < -0.3 is 9.73 Å². The molecule has 0 fully saturated rings. The van der Waals surface area contributed by atoms with Crippen LogP contribution in [0.15, 0.2) is 75.6 Å². The lowest BCUT2D eigenvalue weighted by molar-refractivity contribution is 0.102. The summed E-state index contributed by atoms with van der Waals surface area (Å²) in [5, 5.41) is 4.97. The van der Waals surface area contributed by atoms with Crippen molar-refractivity contribution in [1.82, 2.24) is 4.98 Å². The van der Waals surface area contributed by atoms with Gasteiger partial charge in [-0.25, -0.2) is 13.4 Å². The summed E-state index contributed by atoms with van der Waals surface area (Å²) in [7, 11) is -3.76. The first kappa shape index (κ1) is 20.8. The van der Waals surface area contributed by atoms with Crippen molar-refractivity contribution in [1.29, 1.82) is 0 Å². The zero-order chi connectivity index (χ0) is 22.0. The lowest BCUT2D eigenvalue weighted by Gasteiger charge is -2.13. The van der Waals surface area contributed by atoms with Crippen LogP contribution in [0.25, 0.3) is 10.8 Å². The molecule has 4 aromatic rings. The van der Waals surface area contributed by atoms with Gasteiger partial charge in [-0.05, 0) is 61.4 Å². The number of nitrogens with one attached hydrogen (secondary N) is 2. The fourth-order valence-corrected chi connectivity index (χ4v) is 4.94. The van der Waals surface area contributed by atoms with Crippen LogP contribution in [-0.4, -0.2) is 19.3 Å². The molecule has 0 radical (unpaired) electrons. The summed E-state index contributed by atoms with van der Waals surface area (Å²) in [6.07, 6.45) is 1.54. The summed E-state index contributed by atoms with van der Waals surface area (Å²) in [6, 6.07) is 15.1. The molecule has 0 aliphatic rings. The van der Waals surface area contributed by atoms with Crippen molar-refractivity contribution in [2.45, 2.75) is 18.7 Å². The molecule has 2 aromatic carbocycles. The van der Waals surface area contributed by atoms with Gasteiger partial charge in [-0.1, -0.05) is 18.2 Å². The molecule has 9 heteroatoms. The molecule has 0 saturated carbocycles. The lowest BCUT2D eigenvalue weighted by atomic mass is 10.1. The number of thiazole rings is 1. The topological polar surface area (TPSA) is 101 Å². The van der Waals surface area contributed by atoms with Gasteiger partial charge in [-0.15, -0.1) is 11.3 Å². The minimum Gasteiger partial charge on any atom is -0.462 e. The average Bonchev–Trinajstić information content (AvgIpc) is 3.43. The number of para-hydroxylation sites is 1. The van der Waals surface area contributed by atoms with Crippen LogP contribution < -0.4 is 10.0 Å². The second-order valence-corrected chi connectivity index (χ2v) is 9.41. The number of sulfonamides is 1. The van der Waals surface area contributed by atoms with Crippen molar-refractivity contribution < 1.29 is 17.6 Å². The highest BCUT2D eigenvalue weighted by Crippen LogP contribution is 2.26. The van der Waals surface area contributed by atoms with Gasteiger partial charge in [0.15, 0.2) is 10.8 Å². The lowest BCUT2D eigenvalue weighted by Crippen LogP contribution is -2.15. The molecule has 2 heterocycles. The van der Waals surface area contributed by atoms with Crippen molar-refractivity contribution >= 4 is 38.6 Å². The van der Waals surface area contributed by atoms with Gasteiger partial charge in [0.05, 0.1) is 16.8 Å². The highest BCUT2D eigenvalue weighted by Gasteiger charge is 2.17. The van der Waals surface area contributed by atoms with Crippen LogP contribution in [0, 0.1) is 13.8 Å². The first-order valence-corrected chi connectivity index (χ1v) is 11.7. The number of carbonyl (C=O) groups is 1. The van der Waals surface area contributed by atoms with E-state index in [9.17, 15) is 13.2 Å². The first-order chi connectivity index (χ1) is 14.8. The van der Waals surface area contributed by atoms with E-state index in [2.05, 4.69) is 15.0 Å². The molecule has 4 rings (SSSR count). The Morgan fingerprint density at radius 3 is 2.35 bits per heavy atom. The van der Waals surface area contributed by atoms with Gasteiger partial charge in [-0.2, -0.15) is 0 Å². The number of hydrogen-bond donors (Lipinski definition) is 2. The number of rotatable bonds is 6. The molecule has 158 valence electrons. The third-order valence-electron chi connectivity index (χ3n) is 4.61. The number of furan rings is 1. The van der Waals surface area contributed by atoms with Crippen molar-refractivity contribution in [3.8, 4) is 10.8 Å². The predicted molar refractivity (Wildman–Crippen MR) is 121 cm³/mol. The minimum absolute atomic E-state index is 0.0990. The Balaban J connectivity index is 1.47. The zero-order valence-electron chi connectivity index (χ0n) is 16.7.